The van der Waals surface area contributed by atoms with Crippen LogP contribution in [0.2, 0.25) is 0 Å². The van der Waals surface area contributed by atoms with Crippen LogP contribution < -0.4 is 0 Å². The molecule has 0 bridgehead atoms. The van der Waals surface area contributed by atoms with Crippen molar-refractivity contribution in [3.8, 4) is 0 Å². The van der Waals surface area contributed by atoms with E-state index in [2.05, 4.69) is 4.98 Å². The highest BCUT2D eigenvalue weighted by atomic mass is 19.1. The normalized spacial score (nSPS) is 10.6. The zero-order valence-corrected chi connectivity index (χ0v) is 15.7. The Morgan fingerprint density at radius 2 is 1.60 bits per heavy atom. The standard InChI is InChI=1S/C22H17F3N2O3/c23-17-3-1-2-14(6-17)9-20-10-16(4-5-26-20)22(30)27(13-21(28)29)12-15-7-18(24)11-19(25)8-15/h1-8,10-11H,9,12-13H2,(H,28,29). The summed E-state index contributed by atoms with van der Waals surface area (Å²) < 4.78 is 40.3. The van der Waals surface area contributed by atoms with Crippen molar-refractivity contribution in [1.82, 2.24) is 9.88 Å². The Balaban J connectivity index is 1.84. The van der Waals surface area contributed by atoms with Gasteiger partial charge >= 0.3 is 5.97 Å². The maximum Gasteiger partial charge on any atom is 0.323 e. The minimum absolute atomic E-state index is 0.121. The topological polar surface area (TPSA) is 70.5 Å². The summed E-state index contributed by atoms with van der Waals surface area (Å²) in [5.74, 6) is -3.95. The van der Waals surface area contributed by atoms with E-state index >= 15 is 0 Å². The van der Waals surface area contributed by atoms with Crippen LogP contribution in [0.25, 0.3) is 0 Å². The van der Waals surface area contributed by atoms with E-state index in [4.69, 9.17) is 5.11 Å². The molecule has 0 radical (unpaired) electrons. The van der Waals surface area contributed by atoms with E-state index < -0.39 is 35.9 Å². The number of nitrogens with zero attached hydrogens (tertiary/aromatic N) is 2. The van der Waals surface area contributed by atoms with Gasteiger partial charge in [0.25, 0.3) is 5.91 Å². The molecular formula is C22H17F3N2O3. The Bertz CT molecular complexity index is 1070. The van der Waals surface area contributed by atoms with Crippen LogP contribution >= 0.6 is 0 Å². The lowest BCUT2D eigenvalue weighted by molar-refractivity contribution is -0.137. The molecule has 1 heterocycles. The maximum absolute atomic E-state index is 13.5. The molecule has 1 aromatic heterocycles. The molecule has 0 aliphatic heterocycles. The van der Waals surface area contributed by atoms with E-state index in [-0.39, 0.29) is 24.1 Å². The number of carboxylic acids is 1. The van der Waals surface area contributed by atoms with Gasteiger partial charge in [-0.1, -0.05) is 12.1 Å². The molecule has 8 heteroatoms. The third-order valence-corrected chi connectivity index (χ3v) is 4.25. The molecule has 3 rings (SSSR count). The molecule has 0 atom stereocenters. The predicted molar refractivity (Wildman–Crippen MR) is 102 cm³/mol. The minimum Gasteiger partial charge on any atom is -0.480 e. The van der Waals surface area contributed by atoms with Gasteiger partial charge in [0.05, 0.1) is 0 Å². The van der Waals surface area contributed by atoms with Crippen LogP contribution in [0.4, 0.5) is 13.2 Å². The smallest absolute Gasteiger partial charge is 0.323 e. The quantitative estimate of drug-likeness (QED) is 0.638. The summed E-state index contributed by atoms with van der Waals surface area (Å²) in [6, 6.07) is 11.6. The van der Waals surface area contributed by atoms with Gasteiger partial charge in [0.2, 0.25) is 0 Å². The molecule has 0 unspecified atom stereocenters. The van der Waals surface area contributed by atoms with Gasteiger partial charge in [0, 0.05) is 36.5 Å². The second-order valence-electron chi connectivity index (χ2n) is 6.68. The Labute approximate surface area is 170 Å². The molecule has 154 valence electrons. The average molecular weight is 414 g/mol. The van der Waals surface area contributed by atoms with E-state index in [1.54, 1.807) is 12.1 Å². The van der Waals surface area contributed by atoms with Gasteiger partial charge in [0.1, 0.15) is 24.0 Å². The number of carboxylic acid groups (broad SMARTS) is 1. The first-order valence-corrected chi connectivity index (χ1v) is 8.95. The summed E-state index contributed by atoms with van der Waals surface area (Å²) in [7, 11) is 0. The van der Waals surface area contributed by atoms with Crippen LogP contribution in [-0.4, -0.2) is 33.4 Å². The lowest BCUT2D eigenvalue weighted by Crippen LogP contribution is -2.35. The van der Waals surface area contributed by atoms with E-state index in [1.165, 1.54) is 30.5 Å². The van der Waals surface area contributed by atoms with Crippen molar-refractivity contribution in [3.05, 3.63) is 101 Å². The zero-order valence-electron chi connectivity index (χ0n) is 15.7. The van der Waals surface area contributed by atoms with Crippen LogP contribution in [0.3, 0.4) is 0 Å². The van der Waals surface area contributed by atoms with Crippen molar-refractivity contribution >= 4 is 11.9 Å². The van der Waals surface area contributed by atoms with Crippen molar-refractivity contribution in [2.75, 3.05) is 6.54 Å². The van der Waals surface area contributed by atoms with E-state index in [1.807, 2.05) is 0 Å². The number of pyridine rings is 1. The highest BCUT2D eigenvalue weighted by Gasteiger charge is 2.20. The van der Waals surface area contributed by atoms with E-state index in [0.717, 1.165) is 17.0 Å². The largest absolute Gasteiger partial charge is 0.480 e. The molecule has 30 heavy (non-hydrogen) atoms. The van der Waals surface area contributed by atoms with Gasteiger partial charge in [-0.25, -0.2) is 13.2 Å². The summed E-state index contributed by atoms with van der Waals surface area (Å²) >= 11 is 0. The maximum atomic E-state index is 13.5. The van der Waals surface area contributed by atoms with Gasteiger partial charge < -0.3 is 10.0 Å². The van der Waals surface area contributed by atoms with Gasteiger partial charge in [0.15, 0.2) is 0 Å². The third kappa shape index (κ3) is 5.66. The first-order valence-electron chi connectivity index (χ1n) is 8.95. The number of hydrogen-bond acceptors (Lipinski definition) is 3. The van der Waals surface area contributed by atoms with Crippen molar-refractivity contribution in [3.63, 3.8) is 0 Å². The number of benzene rings is 2. The van der Waals surface area contributed by atoms with Gasteiger partial charge in [-0.3, -0.25) is 14.6 Å². The molecule has 1 amide bonds. The molecule has 5 nitrogen and oxygen atoms in total. The van der Waals surface area contributed by atoms with Crippen LogP contribution in [0.5, 0.6) is 0 Å². The summed E-state index contributed by atoms with van der Waals surface area (Å²) in [4.78, 5) is 29.3. The van der Waals surface area contributed by atoms with Crippen molar-refractivity contribution in [1.29, 1.82) is 0 Å². The van der Waals surface area contributed by atoms with Crippen LogP contribution in [-0.2, 0) is 17.8 Å². The molecular weight excluding hydrogens is 397 g/mol. The Hall–Kier alpha value is -3.68. The van der Waals surface area contributed by atoms with Crippen LogP contribution in [0.1, 0.15) is 27.2 Å². The Morgan fingerprint density at radius 3 is 2.27 bits per heavy atom. The number of carbonyl (C=O) groups excluding carboxylic acids is 1. The SMILES string of the molecule is O=C(O)CN(Cc1cc(F)cc(F)c1)C(=O)c1ccnc(Cc2cccc(F)c2)c1. The fourth-order valence-corrected chi connectivity index (χ4v) is 3.03. The van der Waals surface area contributed by atoms with Crippen LogP contribution in [0.15, 0.2) is 60.8 Å². The number of carbonyl (C=O) groups is 2. The summed E-state index contributed by atoms with van der Waals surface area (Å²) in [5.41, 5.74) is 1.42. The molecule has 0 saturated carbocycles. The van der Waals surface area contributed by atoms with Gasteiger partial charge in [-0.2, -0.15) is 0 Å². The average Bonchev–Trinajstić information content (AvgIpc) is 2.66. The number of aliphatic carboxylic acids is 1. The highest BCUT2D eigenvalue weighted by molar-refractivity contribution is 5.95. The van der Waals surface area contributed by atoms with E-state index in [9.17, 15) is 22.8 Å². The van der Waals surface area contributed by atoms with E-state index in [0.29, 0.717) is 17.3 Å². The molecule has 0 spiro atoms. The monoisotopic (exact) mass is 414 g/mol. The molecule has 0 aliphatic carbocycles. The molecule has 1 N–H and O–H groups in total. The molecule has 3 aromatic rings. The number of halogens is 3. The second-order valence-corrected chi connectivity index (χ2v) is 6.68. The predicted octanol–water partition coefficient (Wildman–Crippen LogP) is 3.82. The number of aromatic nitrogens is 1. The van der Waals surface area contributed by atoms with Gasteiger partial charge in [-0.15, -0.1) is 0 Å². The molecule has 0 saturated heterocycles. The fourth-order valence-electron chi connectivity index (χ4n) is 3.03. The molecule has 0 aliphatic rings. The Morgan fingerprint density at radius 1 is 0.900 bits per heavy atom. The second kappa shape index (κ2) is 9.21. The molecule has 2 aromatic carbocycles. The van der Waals surface area contributed by atoms with Crippen molar-refractivity contribution < 1.29 is 27.9 Å². The summed E-state index contributed by atoms with van der Waals surface area (Å²) in [5, 5.41) is 9.15. The number of rotatable bonds is 7. The molecule has 0 fully saturated rings. The highest BCUT2D eigenvalue weighted by Crippen LogP contribution is 2.15. The summed E-state index contributed by atoms with van der Waals surface area (Å²) in [6.07, 6.45) is 1.66. The van der Waals surface area contributed by atoms with Crippen molar-refractivity contribution in [2.45, 2.75) is 13.0 Å². The number of hydrogen-bond donors (Lipinski definition) is 1. The van der Waals surface area contributed by atoms with Crippen LogP contribution in [0, 0.1) is 17.5 Å². The Kier molecular flexibility index (Phi) is 6.46. The zero-order chi connectivity index (χ0) is 21.7. The first-order chi connectivity index (χ1) is 14.3. The lowest BCUT2D eigenvalue weighted by atomic mass is 10.1. The lowest BCUT2D eigenvalue weighted by Gasteiger charge is -2.21. The first kappa shape index (κ1) is 21.0. The fraction of sp³-hybridized carbons (Fsp3) is 0.136. The third-order valence-electron chi connectivity index (χ3n) is 4.25. The van der Waals surface area contributed by atoms with Crippen molar-refractivity contribution in [2.24, 2.45) is 0 Å². The minimum atomic E-state index is -1.27. The van der Waals surface area contributed by atoms with Gasteiger partial charge in [-0.05, 0) is 47.5 Å². The number of amides is 1. The summed E-state index contributed by atoms with van der Waals surface area (Å²) in [6.45, 7) is -0.945.